The minimum atomic E-state index is -0.466. The van der Waals surface area contributed by atoms with Crippen LogP contribution in [0.1, 0.15) is 13.8 Å². The molecular weight excluding hydrogens is 206 g/mol. The number of pyridine rings is 1. The van der Waals surface area contributed by atoms with E-state index in [0.717, 1.165) is 11.0 Å². The van der Waals surface area contributed by atoms with Gasteiger partial charge in [0, 0.05) is 11.6 Å². The van der Waals surface area contributed by atoms with Crippen LogP contribution in [0.3, 0.4) is 0 Å². The highest BCUT2D eigenvalue weighted by atomic mass is 16.6. The molecule has 84 valence electrons. The number of aromatic nitrogens is 2. The van der Waals surface area contributed by atoms with Crippen LogP contribution in [0.4, 0.5) is 10.5 Å². The Balaban J connectivity index is 2.11. The van der Waals surface area contributed by atoms with Crippen molar-refractivity contribution < 1.29 is 9.53 Å². The third-order valence-corrected chi connectivity index (χ3v) is 1.99. The van der Waals surface area contributed by atoms with E-state index >= 15 is 0 Å². The lowest BCUT2D eigenvalue weighted by molar-refractivity contribution is 0.130. The summed E-state index contributed by atoms with van der Waals surface area (Å²) in [6.45, 7) is 3.60. The fourth-order valence-corrected chi connectivity index (χ4v) is 1.37. The van der Waals surface area contributed by atoms with Crippen LogP contribution in [-0.4, -0.2) is 22.2 Å². The van der Waals surface area contributed by atoms with E-state index in [1.165, 1.54) is 0 Å². The number of nitrogens with one attached hydrogen (secondary N) is 2. The van der Waals surface area contributed by atoms with Crippen LogP contribution >= 0.6 is 0 Å². The topological polar surface area (TPSA) is 67.0 Å². The van der Waals surface area contributed by atoms with Gasteiger partial charge < -0.3 is 9.72 Å². The zero-order valence-electron chi connectivity index (χ0n) is 9.15. The molecule has 0 unspecified atom stereocenters. The number of rotatable bonds is 2. The highest BCUT2D eigenvalue weighted by Gasteiger charge is 2.06. The molecule has 0 aliphatic rings. The molecule has 16 heavy (non-hydrogen) atoms. The van der Waals surface area contributed by atoms with Crippen LogP contribution in [0.5, 0.6) is 0 Å². The number of hydrogen-bond acceptors (Lipinski definition) is 3. The van der Waals surface area contributed by atoms with E-state index < -0.39 is 6.09 Å². The number of carbonyl (C=O) groups excluding carboxylic acids is 1. The largest absolute Gasteiger partial charge is 0.447 e. The first-order valence-electron chi connectivity index (χ1n) is 5.06. The number of anilines is 1. The Bertz CT molecular complexity index is 505. The molecule has 0 aliphatic heterocycles. The summed E-state index contributed by atoms with van der Waals surface area (Å²) in [5.41, 5.74) is 1.42. The van der Waals surface area contributed by atoms with Gasteiger partial charge in [-0.25, -0.2) is 9.78 Å². The molecule has 0 atom stereocenters. The average molecular weight is 219 g/mol. The Hall–Kier alpha value is -2.04. The summed E-state index contributed by atoms with van der Waals surface area (Å²) in [5, 5.41) is 3.56. The predicted octanol–water partition coefficient (Wildman–Crippen LogP) is 2.52. The summed E-state index contributed by atoms with van der Waals surface area (Å²) in [7, 11) is 0. The third kappa shape index (κ3) is 2.31. The van der Waals surface area contributed by atoms with Gasteiger partial charge >= 0.3 is 6.09 Å². The van der Waals surface area contributed by atoms with Gasteiger partial charge in [-0.1, -0.05) is 0 Å². The predicted molar refractivity (Wildman–Crippen MR) is 61.3 cm³/mol. The monoisotopic (exact) mass is 219 g/mol. The Labute approximate surface area is 92.8 Å². The summed E-state index contributed by atoms with van der Waals surface area (Å²) in [5.74, 6) is 0. The molecule has 0 fully saturated rings. The first kappa shape index (κ1) is 10.5. The van der Waals surface area contributed by atoms with E-state index in [2.05, 4.69) is 15.3 Å². The van der Waals surface area contributed by atoms with Crippen molar-refractivity contribution in [2.24, 2.45) is 0 Å². The first-order chi connectivity index (χ1) is 7.65. The molecule has 2 aromatic heterocycles. The number of fused-ring (bicyclic) bond motifs is 1. The van der Waals surface area contributed by atoms with Crippen molar-refractivity contribution >= 4 is 22.8 Å². The van der Waals surface area contributed by atoms with Crippen molar-refractivity contribution in [3.8, 4) is 0 Å². The summed E-state index contributed by atoms with van der Waals surface area (Å²) in [6, 6.07) is 3.72. The van der Waals surface area contributed by atoms with Crippen molar-refractivity contribution in [2.75, 3.05) is 5.32 Å². The van der Waals surface area contributed by atoms with Gasteiger partial charge in [0.2, 0.25) is 0 Å². The SMILES string of the molecule is CC(C)OC(=O)Nc1cnc2[nH]ccc2c1. The quantitative estimate of drug-likeness (QED) is 0.815. The van der Waals surface area contributed by atoms with Crippen LogP contribution < -0.4 is 5.32 Å². The molecule has 0 bridgehead atoms. The molecule has 0 saturated carbocycles. The molecule has 1 amide bonds. The van der Waals surface area contributed by atoms with Gasteiger partial charge in [-0.15, -0.1) is 0 Å². The minimum absolute atomic E-state index is 0.135. The maximum Gasteiger partial charge on any atom is 0.411 e. The Morgan fingerprint density at radius 1 is 1.56 bits per heavy atom. The normalized spacial score (nSPS) is 10.7. The van der Waals surface area contributed by atoms with E-state index in [-0.39, 0.29) is 6.10 Å². The van der Waals surface area contributed by atoms with E-state index in [1.54, 1.807) is 26.2 Å². The van der Waals surface area contributed by atoms with E-state index in [4.69, 9.17) is 4.74 Å². The lowest BCUT2D eigenvalue weighted by Gasteiger charge is -2.08. The number of amides is 1. The molecule has 2 aromatic rings. The average Bonchev–Trinajstić information content (AvgIpc) is 2.63. The molecule has 0 saturated heterocycles. The summed E-state index contributed by atoms with van der Waals surface area (Å²) in [6.07, 6.45) is 2.78. The number of aromatic amines is 1. The molecule has 0 radical (unpaired) electrons. The van der Waals surface area contributed by atoms with Gasteiger partial charge in [-0.3, -0.25) is 5.32 Å². The van der Waals surface area contributed by atoms with Crippen LogP contribution in [-0.2, 0) is 4.74 Å². The lowest BCUT2D eigenvalue weighted by Crippen LogP contribution is -2.17. The van der Waals surface area contributed by atoms with Gasteiger partial charge in [0.1, 0.15) is 5.65 Å². The zero-order valence-corrected chi connectivity index (χ0v) is 9.15. The molecule has 2 heterocycles. The molecule has 0 aliphatic carbocycles. The van der Waals surface area contributed by atoms with Gasteiger partial charge in [0.15, 0.2) is 0 Å². The summed E-state index contributed by atoms with van der Waals surface area (Å²) < 4.78 is 4.96. The van der Waals surface area contributed by atoms with Crippen molar-refractivity contribution in [3.63, 3.8) is 0 Å². The van der Waals surface area contributed by atoms with Crippen molar-refractivity contribution in [1.29, 1.82) is 0 Å². The number of H-pyrrole nitrogens is 1. The number of nitrogens with zero attached hydrogens (tertiary/aromatic N) is 1. The van der Waals surface area contributed by atoms with Gasteiger partial charge in [-0.2, -0.15) is 0 Å². The molecule has 0 aromatic carbocycles. The first-order valence-corrected chi connectivity index (χ1v) is 5.06. The zero-order chi connectivity index (χ0) is 11.5. The van der Waals surface area contributed by atoms with Gasteiger partial charge in [-0.05, 0) is 26.0 Å². The van der Waals surface area contributed by atoms with Crippen LogP contribution in [0.15, 0.2) is 24.5 Å². The van der Waals surface area contributed by atoms with Crippen LogP contribution in [0, 0.1) is 0 Å². The highest BCUT2D eigenvalue weighted by Crippen LogP contribution is 2.15. The van der Waals surface area contributed by atoms with Crippen LogP contribution in [0.25, 0.3) is 11.0 Å². The molecule has 5 heteroatoms. The van der Waals surface area contributed by atoms with Crippen molar-refractivity contribution in [2.45, 2.75) is 20.0 Å². The Morgan fingerprint density at radius 3 is 3.12 bits per heavy atom. The maximum atomic E-state index is 11.3. The summed E-state index contributed by atoms with van der Waals surface area (Å²) in [4.78, 5) is 18.5. The van der Waals surface area contributed by atoms with Gasteiger partial charge in [0.05, 0.1) is 18.0 Å². The molecule has 2 N–H and O–H groups in total. The summed E-state index contributed by atoms with van der Waals surface area (Å²) >= 11 is 0. The van der Waals surface area contributed by atoms with E-state index in [0.29, 0.717) is 5.69 Å². The molecular formula is C11H13N3O2. The molecule has 5 nitrogen and oxygen atoms in total. The van der Waals surface area contributed by atoms with E-state index in [1.807, 2.05) is 12.1 Å². The fraction of sp³-hybridized carbons (Fsp3) is 0.273. The smallest absolute Gasteiger partial charge is 0.411 e. The Morgan fingerprint density at radius 2 is 2.38 bits per heavy atom. The Kier molecular flexibility index (Phi) is 2.76. The van der Waals surface area contributed by atoms with E-state index in [9.17, 15) is 4.79 Å². The minimum Gasteiger partial charge on any atom is -0.447 e. The van der Waals surface area contributed by atoms with Crippen molar-refractivity contribution in [1.82, 2.24) is 9.97 Å². The number of carbonyl (C=O) groups is 1. The van der Waals surface area contributed by atoms with Crippen molar-refractivity contribution in [3.05, 3.63) is 24.5 Å². The maximum absolute atomic E-state index is 11.3. The number of ether oxygens (including phenoxy) is 1. The standard InChI is InChI=1S/C11H13N3O2/c1-7(2)16-11(15)14-9-5-8-3-4-12-10(8)13-6-9/h3-7H,1-2H3,(H,12,13)(H,14,15). The highest BCUT2D eigenvalue weighted by molar-refractivity contribution is 5.88. The second-order valence-electron chi connectivity index (χ2n) is 3.72. The van der Waals surface area contributed by atoms with Crippen LogP contribution in [0.2, 0.25) is 0 Å². The lowest BCUT2D eigenvalue weighted by atomic mass is 10.3. The second-order valence-corrected chi connectivity index (χ2v) is 3.72. The molecule has 2 rings (SSSR count). The molecule has 0 spiro atoms. The fourth-order valence-electron chi connectivity index (χ4n) is 1.37. The second kappa shape index (κ2) is 4.22. The van der Waals surface area contributed by atoms with Gasteiger partial charge in [0.25, 0.3) is 0 Å². The number of hydrogen-bond donors (Lipinski definition) is 2. The third-order valence-electron chi connectivity index (χ3n) is 1.99.